The summed E-state index contributed by atoms with van der Waals surface area (Å²) in [6.45, 7) is 10.8. The first kappa shape index (κ1) is 15.9. The number of hydrogen-bond acceptors (Lipinski definition) is 3. The third-order valence-corrected chi connectivity index (χ3v) is 2.78. The third-order valence-electron chi connectivity index (χ3n) is 2.78. The van der Waals surface area contributed by atoms with E-state index in [0.29, 0.717) is 12.0 Å². The van der Waals surface area contributed by atoms with Crippen LogP contribution in [0.4, 0.5) is 0 Å². The van der Waals surface area contributed by atoms with E-state index < -0.39 is 0 Å². The van der Waals surface area contributed by atoms with E-state index in [4.69, 9.17) is 4.74 Å². The molecule has 1 unspecified atom stereocenters. The Morgan fingerprint density at radius 3 is 2.44 bits per heavy atom. The van der Waals surface area contributed by atoms with E-state index in [2.05, 4.69) is 38.0 Å². The lowest BCUT2D eigenvalue weighted by Crippen LogP contribution is -2.44. The summed E-state index contributed by atoms with van der Waals surface area (Å²) in [6.07, 6.45) is 2.52. The molecule has 0 aromatic rings. The van der Waals surface area contributed by atoms with Crippen molar-refractivity contribution in [3.05, 3.63) is 0 Å². The van der Waals surface area contributed by atoms with Gasteiger partial charge in [0.05, 0.1) is 6.61 Å². The van der Waals surface area contributed by atoms with Crippen LogP contribution in [0.3, 0.4) is 0 Å². The van der Waals surface area contributed by atoms with E-state index in [-0.39, 0.29) is 0 Å². The van der Waals surface area contributed by atoms with E-state index in [9.17, 15) is 0 Å². The maximum Gasteiger partial charge on any atom is 0.0630 e. The van der Waals surface area contributed by atoms with Crippen LogP contribution >= 0.6 is 0 Å². The van der Waals surface area contributed by atoms with E-state index in [1.807, 2.05) is 0 Å². The number of hydrogen-bond donors (Lipinski definition) is 1. The monoisotopic (exact) mass is 230 g/mol. The topological polar surface area (TPSA) is 24.5 Å². The largest absolute Gasteiger partial charge is 0.383 e. The minimum Gasteiger partial charge on any atom is -0.383 e. The number of ether oxygens (including phenoxy) is 1. The molecule has 0 aliphatic carbocycles. The number of unbranched alkanes of at least 4 members (excludes halogenated alkanes) is 1. The highest BCUT2D eigenvalue weighted by Gasteiger charge is 2.13. The molecule has 0 rings (SSSR count). The fourth-order valence-electron chi connectivity index (χ4n) is 1.66. The summed E-state index contributed by atoms with van der Waals surface area (Å²) in [5.74, 6) is 0.712. The number of likely N-dealkylation sites (N-methyl/N-ethyl adjacent to an activating group) is 1. The smallest absolute Gasteiger partial charge is 0.0630 e. The number of rotatable bonds is 10. The third kappa shape index (κ3) is 8.08. The second kappa shape index (κ2) is 10.1. The van der Waals surface area contributed by atoms with Crippen LogP contribution in [-0.4, -0.2) is 51.3 Å². The SMILES string of the molecule is CCCCN(C)C(CNCC(C)C)COC. The minimum absolute atomic E-state index is 0.496. The molecule has 98 valence electrons. The lowest BCUT2D eigenvalue weighted by atomic mass is 10.2. The van der Waals surface area contributed by atoms with Crippen molar-refractivity contribution in [1.82, 2.24) is 10.2 Å². The second-order valence-corrected chi connectivity index (χ2v) is 5.00. The van der Waals surface area contributed by atoms with Crippen molar-refractivity contribution in [2.24, 2.45) is 5.92 Å². The Balaban J connectivity index is 3.84. The van der Waals surface area contributed by atoms with Crippen LogP contribution in [0, 0.1) is 5.92 Å². The van der Waals surface area contributed by atoms with E-state index in [1.165, 1.54) is 12.8 Å². The van der Waals surface area contributed by atoms with Gasteiger partial charge in [-0.05, 0) is 32.5 Å². The van der Waals surface area contributed by atoms with Gasteiger partial charge in [-0.3, -0.25) is 4.90 Å². The van der Waals surface area contributed by atoms with Gasteiger partial charge in [0.15, 0.2) is 0 Å². The van der Waals surface area contributed by atoms with Gasteiger partial charge in [-0.1, -0.05) is 27.2 Å². The van der Waals surface area contributed by atoms with Crippen LogP contribution in [0.5, 0.6) is 0 Å². The molecule has 0 fully saturated rings. The molecule has 3 nitrogen and oxygen atoms in total. The zero-order valence-corrected chi connectivity index (χ0v) is 11.8. The Morgan fingerprint density at radius 2 is 1.94 bits per heavy atom. The highest BCUT2D eigenvalue weighted by molar-refractivity contribution is 4.71. The van der Waals surface area contributed by atoms with Crippen LogP contribution in [0.25, 0.3) is 0 Å². The maximum atomic E-state index is 5.28. The normalized spacial score (nSPS) is 13.7. The Kier molecular flexibility index (Phi) is 9.99. The van der Waals surface area contributed by atoms with Crippen LogP contribution in [0.15, 0.2) is 0 Å². The molecule has 0 radical (unpaired) electrons. The molecule has 0 heterocycles. The molecule has 0 aliphatic heterocycles. The van der Waals surface area contributed by atoms with Crippen LogP contribution < -0.4 is 5.32 Å². The summed E-state index contributed by atoms with van der Waals surface area (Å²) in [7, 11) is 3.97. The first-order valence-corrected chi connectivity index (χ1v) is 6.51. The van der Waals surface area contributed by atoms with Crippen LogP contribution in [0.2, 0.25) is 0 Å². The van der Waals surface area contributed by atoms with Crippen molar-refractivity contribution in [2.45, 2.75) is 39.7 Å². The fraction of sp³-hybridized carbons (Fsp3) is 1.00. The van der Waals surface area contributed by atoms with Crippen molar-refractivity contribution < 1.29 is 4.74 Å². The van der Waals surface area contributed by atoms with Gasteiger partial charge in [0.25, 0.3) is 0 Å². The summed E-state index contributed by atoms with van der Waals surface area (Å²) in [5, 5.41) is 3.51. The molecular weight excluding hydrogens is 200 g/mol. The number of nitrogens with one attached hydrogen (secondary N) is 1. The first-order valence-electron chi connectivity index (χ1n) is 6.51. The second-order valence-electron chi connectivity index (χ2n) is 5.00. The molecule has 0 aromatic heterocycles. The molecule has 0 aliphatic rings. The molecule has 0 amide bonds. The highest BCUT2D eigenvalue weighted by Crippen LogP contribution is 2.00. The zero-order chi connectivity index (χ0) is 12.4. The molecule has 0 saturated heterocycles. The Bertz CT molecular complexity index is 151. The molecular formula is C13H30N2O. The van der Waals surface area contributed by atoms with Gasteiger partial charge in [0.2, 0.25) is 0 Å². The van der Waals surface area contributed by atoms with Crippen LogP contribution in [0.1, 0.15) is 33.6 Å². The number of methoxy groups -OCH3 is 1. The van der Waals surface area contributed by atoms with Crippen molar-refractivity contribution in [3.63, 3.8) is 0 Å². The van der Waals surface area contributed by atoms with Gasteiger partial charge >= 0.3 is 0 Å². The summed E-state index contributed by atoms with van der Waals surface area (Å²) < 4.78 is 5.28. The molecule has 1 atom stereocenters. The predicted molar refractivity (Wildman–Crippen MR) is 70.9 cm³/mol. The average molecular weight is 230 g/mol. The van der Waals surface area contributed by atoms with E-state index >= 15 is 0 Å². The van der Waals surface area contributed by atoms with Crippen molar-refractivity contribution in [1.29, 1.82) is 0 Å². The van der Waals surface area contributed by atoms with Gasteiger partial charge in [-0.15, -0.1) is 0 Å². The van der Waals surface area contributed by atoms with E-state index in [1.54, 1.807) is 7.11 Å². The Morgan fingerprint density at radius 1 is 1.25 bits per heavy atom. The molecule has 0 spiro atoms. The Hall–Kier alpha value is -0.120. The Labute approximate surface area is 102 Å². The maximum absolute atomic E-state index is 5.28. The quantitative estimate of drug-likeness (QED) is 0.621. The lowest BCUT2D eigenvalue weighted by molar-refractivity contribution is 0.104. The van der Waals surface area contributed by atoms with Crippen LogP contribution in [-0.2, 0) is 4.74 Å². The van der Waals surface area contributed by atoms with Crippen molar-refractivity contribution in [2.75, 3.05) is 40.4 Å². The fourth-order valence-corrected chi connectivity index (χ4v) is 1.66. The predicted octanol–water partition coefficient (Wildman–Crippen LogP) is 1.98. The van der Waals surface area contributed by atoms with Gasteiger partial charge in [0.1, 0.15) is 0 Å². The van der Waals surface area contributed by atoms with Gasteiger partial charge in [-0.2, -0.15) is 0 Å². The highest BCUT2D eigenvalue weighted by atomic mass is 16.5. The summed E-state index contributed by atoms with van der Waals surface area (Å²) in [4.78, 5) is 2.40. The summed E-state index contributed by atoms with van der Waals surface area (Å²) in [5.41, 5.74) is 0. The van der Waals surface area contributed by atoms with Gasteiger partial charge < -0.3 is 10.1 Å². The molecule has 0 saturated carbocycles. The van der Waals surface area contributed by atoms with Crippen molar-refractivity contribution in [3.8, 4) is 0 Å². The molecule has 3 heteroatoms. The lowest BCUT2D eigenvalue weighted by Gasteiger charge is -2.28. The zero-order valence-electron chi connectivity index (χ0n) is 11.8. The molecule has 16 heavy (non-hydrogen) atoms. The van der Waals surface area contributed by atoms with Crippen molar-refractivity contribution >= 4 is 0 Å². The molecule has 1 N–H and O–H groups in total. The first-order chi connectivity index (χ1) is 7.61. The minimum atomic E-state index is 0.496. The van der Waals surface area contributed by atoms with E-state index in [0.717, 1.165) is 26.2 Å². The average Bonchev–Trinajstić information content (AvgIpc) is 2.24. The molecule has 0 aromatic carbocycles. The summed E-state index contributed by atoms with van der Waals surface area (Å²) >= 11 is 0. The van der Waals surface area contributed by atoms with Gasteiger partial charge in [0, 0.05) is 19.7 Å². The molecule has 0 bridgehead atoms. The standard InChI is InChI=1S/C13H30N2O/c1-6-7-8-15(4)13(11-16-5)10-14-9-12(2)3/h12-14H,6-11H2,1-5H3. The van der Waals surface area contributed by atoms with Gasteiger partial charge in [-0.25, -0.2) is 0 Å². The summed E-state index contributed by atoms with van der Waals surface area (Å²) in [6, 6.07) is 0.496. The number of nitrogens with zero attached hydrogens (tertiary/aromatic N) is 1.